The zero-order valence-corrected chi connectivity index (χ0v) is 14.6. The monoisotopic (exact) mass is 346 g/mol. The van der Waals surface area contributed by atoms with Gasteiger partial charge in [0.1, 0.15) is 6.07 Å². The summed E-state index contributed by atoms with van der Waals surface area (Å²) in [5.41, 5.74) is 1.76. The molecule has 130 valence electrons. The van der Waals surface area contributed by atoms with Gasteiger partial charge in [0.25, 0.3) is 0 Å². The van der Waals surface area contributed by atoms with Crippen LogP contribution in [0.25, 0.3) is 11.4 Å². The predicted octanol–water partition coefficient (Wildman–Crippen LogP) is 2.73. The minimum atomic E-state index is -0.589. The van der Waals surface area contributed by atoms with E-state index in [9.17, 15) is 15.2 Å². The first kappa shape index (κ1) is 16.4. The molecule has 2 aliphatic rings. The van der Waals surface area contributed by atoms with Crippen LogP contribution in [0.4, 0.5) is 0 Å². The second-order valence-electron chi connectivity index (χ2n) is 7.18. The van der Waals surface area contributed by atoms with Crippen LogP contribution in [0.3, 0.4) is 0 Å². The molecular formula is C20H18N4O2. The van der Waals surface area contributed by atoms with Gasteiger partial charge in [0.05, 0.1) is 11.3 Å². The fourth-order valence-corrected chi connectivity index (χ4v) is 4.38. The van der Waals surface area contributed by atoms with Crippen LogP contribution in [-0.4, -0.2) is 25.8 Å². The maximum atomic E-state index is 12.4. The van der Waals surface area contributed by atoms with Crippen molar-refractivity contribution in [3.63, 3.8) is 0 Å². The first-order chi connectivity index (χ1) is 12.5. The third-order valence-corrected chi connectivity index (χ3v) is 5.76. The van der Waals surface area contributed by atoms with Crippen molar-refractivity contribution < 1.29 is 9.90 Å². The van der Waals surface area contributed by atoms with E-state index < -0.39 is 5.41 Å². The third kappa shape index (κ3) is 2.24. The molecule has 2 aliphatic carbocycles. The minimum absolute atomic E-state index is 0.0297. The van der Waals surface area contributed by atoms with Crippen molar-refractivity contribution in [3.8, 4) is 23.3 Å². The summed E-state index contributed by atoms with van der Waals surface area (Å²) in [5.74, 6) is 0.0690. The van der Waals surface area contributed by atoms with Crippen LogP contribution in [0.15, 0.2) is 36.2 Å². The summed E-state index contributed by atoms with van der Waals surface area (Å²) in [7, 11) is 0. The number of carbonyl (C=O) groups is 1. The van der Waals surface area contributed by atoms with Gasteiger partial charge in [0.2, 0.25) is 5.88 Å². The molecule has 6 nitrogen and oxygen atoms in total. The van der Waals surface area contributed by atoms with Gasteiger partial charge < -0.3 is 5.11 Å². The molecule has 2 aromatic rings. The van der Waals surface area contributed by atoms with E-state index in [0.29, 0.717) is 23.5 Å². The van der Waals surface area contributed by atoms with E-state index in [1.165, 1.54) is 0 Å². The highest BCUT2D eigenvalue weighted by Crippen LogP contribution is 2.50. The summed E-state index contributed by atoms with van der Waals surface area (Å²) in [6.07, 6.45) is 6.40. The van der Waals surface area contributed by atoms with Crippen LogP contribution >= 0.6 is 0 Å². The highest BCUT2D eigenvalue weighted by Gasteiger charge is 2.49. The quantitative estimate of drug-likeness (QED) is 0.852. The second-order valence-corrected chi connectivity index (χ2v) is 7.18. The summed E-state index contributed by atoms with van der Waals surface area (Å²) in [6.45, 7) is 3.88. The van der Waals surface area contributed by atoms with Crippen LogP contribution in [0.2, 0.25) is 0 Å². The van der Waals surface area contributed by atoms with E-state index in [2.05, 4.69) is 9.97 Å². The fraction of sp³-hybridized carbons (Fsp3) is 0.350. The number of hydrogen-bond acceptors (Lipinski definition) is 6. The number of nitriles is 1. The topological polar surface area (TPSA) is 99.8 Å². The number of aromatic hydroxyl groups is 1. The zero-order valence-electron chi connectivity index (χ0n) is 14.6. The molecule has 4 rings (SSSR count). The van der Waals surface area contributed by atoms with Gasteiger partial charge in [0, 0.05) is 34.9 Å². The maximum absolute atomic E-state index is 12.4. The number of carbonyl (C=O) groups excluding carboxylic acids is 1. The van der Waals surface area contributed by atoms with Crippen LogP contribution in [0.1, 0.15) is 31.5 Å². The normalized spacial score (nSPS) is 27.1. The van der Waals surface area contributed by atoms with Gasteiger partial charge in [-0.05, 0) is 30.9 Å². The predicted molar refractivity (Wildman–Crippen MR) is 94.0 cm³/mol. The van der Waals surface area contributed by atoms with Crippen molar-refractivity contribution in [2.24, 2.45) is 11.8 Å². The van der Waals surface area contributed by atoms with Crippen LogP contribution in [-0.2, 0) is 16.6 Å². The number of rotatable bonds is 1. The van der Waals surface area contributed by atoms with Gasteiger partial charge in [0.15, 0.2) is 11.6 Å². The van der Waals surface area contributed by atoms with E-state index in [1.807, 2.05) is 19.9 Å². The number of nitrogens with zero attached hydrogens (tertiary/aromatic N) is 4. The molecule has 0 fully saturated rings. The molecule has 0 spiro atoms. The minimum Gasteiger partial charge on any atom is -0.493 e. The lowest BCUT2D eigenvalue weighted by molar-refractivity contribution is -0.121. The molecule has 0 aliphatic heterocycles. The Morgan fingerprint density at radius 1 is 1.31 bits per heavy atom. The average molecular weight is 346 g/mol. The molecule has 2 heterocycles. The van der Waals surface area contributed by atoms with E-state index in [4.69, 9.17) is 4.98 Å². The summed E-state index contributed by atoms with van der Waals surface area (Å²) in [6, 6.07) is 5.60. The van der Waals surface area contributed by atoms with Crippen molar-refractivity contribution in [2.45, 2.75) is 32.1 Å². The average Bonchev–Trinajstić information content (AvgIpc) is 2.65. The number of aromatic nitrogens is 3. The standard InChI is InChI=1S/C20H18N4O2/c1-11-15-4-3-14-17(20(15,2)9-13(10-21)16(11)25)23-18(24-19(14)26)12-5-7-22-8-6-12/h5-9,11,15H,3-4H2,1-2H3,(H,23,24,26)/t11?,15?,20-/m1/s1. The van der Waals surface area contributed by atoms with Crippen molar-refractivity contribution in [1.82, 2.24) is 15.0 Å². The van der Waals surface area contributed by atoms with Crippen molar-refractivity contribution in [2.75, 3.05) is 0 Å². The summed E-state index contributed by atoms with van der Waals surface area (Å²) in [5, 5.41) is 19.9. The van der Waals surface area contributed by atoms with E-state index in [0.717, 1.165) is 12.0 Å². The molecule has 0 bridgehead atoms. The Kier molecular flexibility index (Phi) is 3.62. The molecule has 0 aromatic carbocycles. The summed E-state index contributed by atoms with van der Waals surface area (Å²) < 4.78 is 0. The number of hydrogen-bond donors (Lipinski definition) is 1. The van der Waals surface area contributed by atoms with Crippen molar-refractivity contribution in [3.05, 3.63) is 47.4 Å². The van der Waals surface area contributed by atoms with Gasteiger partial charge in [-0.1, -0.05) is 19.9 Å². The number of Topliss-reactive ketones (excluding diaryl/α,β-unsaturated/α-hetero) is 1. The largest absolute Gasteiger partial charge is 0.493 e. The van der Waals surface area contributed by atoms with Crippen molar-refractivity contribution in [1.29, 1.82) is 5.26 Å². The van der Waals surface area contributed by atoms with E-state index in [1.54, 1.807) is 30.6 Å². The zero-order chi connectivity index (χ0) is 18.5. The van der Waals surface area contributed by atoms with Crippen LogP contribution in [0.5, 0.6) is 5.88 Å². The highest BCUT2D eigenvalue weighted by atomic mass is 16.3. The van der Waals surface area contributed by atoms with Gasteiger partial charge in [-0.3, -0.25) is 9.78 Å². The number of allylic oxidation sites excluding steroid dienone is 2. The van der Waals surface area contributed by atoms with E-state index >= 15 is 0 Å². The Balaban J connectivity index is 1.96. The molecule has 3 atom stereocenters. The SMILES string of the molecule is CC1C(=O)C(C#N)=C[C@@]2(C)c3nc(-c4ccncc4)nc(O)c3CCC12. The Morgan fingerprint density at radius 2 is 2.04 bits per heavy atom. The molecule has 2 unspecified atom stereocenters. The van der Waals surface area contributed by atoms with Crippen LogP contribution in [0, 0.1) is 23.2 Å². The number of pyridine rings is 1. The molecular weight excluding hydrogens is 328 g/mol. The van der Waals surface area contributed by atoms with Gasteiger partial charge in [-0.25, -0.2) is 4.98 Å². The Labute approximate surface area is 151 Å². The molecule has 26 heavy (non-hydrogen) atoms. The van der Waals surface area contributed by atoms with Crippen molar-refractivity contribution >= 4 is 5.78 Å². The first-order valence-electron chi connectivity index (χ1n) is 8.63. The third-order valence-electron chi connectivity index (χ3n) is 5.76. The van der Waals surface area contributed by atoms with Gasteiger partial charge in [-0.2, -0.15) is 10.2 Å². The number of ketones is 1. The highest BCUT2D eigenvalue weighted by molar-refractivity contribution is 6.02. The molecule has 0 radical (unpaired) electrons. The Hall–Kier alpha value is -3.07. The fourth-order valence-electron chi connectivity index (χ4n) is 4.38. The number of fused-ring (bicyclic) bond motifs is 3. The van der Waals surface area contributed by atoms with E-state index in [-0.39, 0.29) is 29.1 Å². The molecule has 1 N–H and O–H groups in total. The lowest BCUT2D eigenvalue weighted by Gasteiger charge is -2.45. The summed E-state index contributed by atoms with van der Waals surface area (Å²) in [4.78, 5) is 25.5. The first-order valence-corrected chi connectivity index (χ1v) is 8.63. The molecule has 0 saturated carbocycles. The molecule has 0 saturated heterocycles. The second kappa shape index (κ2) is 5.73. The Morgan fingerprint density at radius 3 is 2.73 bits per heavy atom. The lowest BCUT2D eigenvalue weighted by Crippen LogP contribution is -2.46. The van der Waals surface area contributed by atoms with Gasteiger partial charge >= 0.3 is 0 Å². The maximum Gasteiger partial charge on any atom is 0.218 e. The molecule has 6 heteroatoms. The van der Waals surface area contributed by atoms with Crippen LogP contribution < -0.4 is 0 Å². The van der Waals surface area contributed by atoms with Gasteiger partial charge in [-0.15, -0.1) is 0 Å². The Bertz CT molecular complexity index is 977. The molecule has 2 aromatic heterocycles. The lowest BCUT2D eigenvalue weighted by atomic mass is 9.58. The smallest absolute Gasteiger partial charge is 0.218 e. The molecule has 0 amide bonds. The summed E-state index contributed by atoms with van der Waals surface area (Å²) >= 11 is 0.